The molecule has 0 aliphatic rings. The summed E-state index contributed by atoms with van der Waals surface area (Å²) in [6.07, 6.45) is 1.69. The third-order valence-corrected chi connectivity index (χ3v) is 5.87. The summed E-state index contributed by atoms with van der Waals surface area (Å²) < 4.78 is 16.9. The lowest BCUT2D eigenvalue weighted by Gasteiger charge is -2.22. The fraction of sp³-hybridized carbons (Fsp3) is 0.241. The lowest BCUT2D eigenvalue weighted by atomic mass is 10.0. The molecule has 0 saturated carbocycles. The van der Waals surface area contributed by atoms with Gasteiger partial charge in [0.2, 0.25) is 5.91 Å². The summed E-state index contributed by atoms with van der Waals surface area (Å²) in [4.78, 5) is 17.4. The number of hydrogen-bond acceptors (Lipinski definition) is 6. The minimum absolute atomic E-state index is 0.0734. The van der Waals surface area contributed by atoms with E-state index in [1.165, 1.54) is 0 Å². The van der Waals surface area contributed by atoms with Gasteiger partial charge in [0, 0.05) is 29.9 Å². The summed E-state index contributed by atoms with van der Waals surface area (Å²) in [5.74, 6) is 2.54. The summed E-state index contributed by atoms with van der Waals surface area (Å²) in [5, 5.41) is 7.19. The van der Waals surface area contributed by atoms with Crippen LogP contribution in [-0.2, 0) is 11.3 Å². The van der Waals surface area contributed by atoms with Crippen molar-refractivity contribution in [3.8, 4) is 23.0 Å². The smallest absolute Gasteiger partial charge is 0.241 e. The van der Waals surface area contributed by atoms with Gasteiger partial charge in [0.15, 0.2) is 11.5 Å². The van der Waals surface area contributed by atoms with Crippen LogP contribution in [0.1, 0.15) is 19.4 Å². The number of carbonyl (C=O) groups is 1. The molecule has 0 radical (unpaired) electrons. The van der Waals surface area contributed by atoms with Gasteiger partial charge in [0.05, 0.1) is 25.8 Å². The lowest BCUT2D eigenvalue weighted by molar-refractivity contribution is -0.119. The lowest BCUT2D eigenvalue weighted by Crippen LogP contribution is -2.43. The SMILES string of the molecule is COc1cc2nccc(Oc3ccc(NC(=O)C(NCc4ccccc4)C(C)C)cc3)c2cc1OC. The van der Waals surface area contributed by atoms with E-state index in [0.717, 1.165) is 16.5 Å². The predicted octanol–water partition coefficient (Wildman–Crippen LogP) is 5.80. The van der Waals surface area contributed by atoms with Crippen molar-refractivity contribution in [2.45, 2.75) is 26.4 Å². The Balaban J connectivity index is 1.44. The van der Waals surface area contributed by atoms with Gasteiger partial charge in [-0.25, -0.2) is 0 Å². The molecule has 0 saturated heterocycles. The van der Waals surface area contributed by atoms with Gasteiger partial charge in [-0.2, -0.15) is 0 Å². The molecule has 4 rings (SSSR count). The fourth-order valence-electron chi connectivity index (χ4n) is 3.94. The van der Waals surface area contributed by atoms with E-state index in [2.05, 4.69) is 15.6 Å². The average molecular weight is 486 g/mol. The highest BCUT2D eigenvalue weighted by Crippen LogP contribution is 2.37. The van der Waals surface area contributed by atoms with E-state index >= 15 is 0 Å². The Labute approximate surface area is 211 Å². The third-order valence-electron chi connectivity index (χ3n) is 5.87. The van der Waals surface area contributed by atoms with Crippen molar-refractivity contribution in [3.05, 3.63) is 84.6 Å². The molecule has 0 aliphatic carbocycles. The monoisotopic (exact) mass is 485 g/mol. The van der Waals surface area contributed by atoms with Gasteiger partial charge in [0.1, 0.15) is 11.5 Å². The molecular formula is C29H31N3O4. The van der Waals surface area contributed by atoms with Gasteiger partial charge in [-0.3, -0.25) is 9.78 Å². The number of benzene rings is 3. The number of amides is 1. The van der Waals surface area contributed by atoms with Crippen molar-refractivity contribution in [3.63, 3.8) is 0 Å². The number of fused-ring (bicyclic) bond motifs is 1. The van der Waals surface area contributed by atoms with Crippen LogP contribution in [0.15, 0.2) is 79.0 Å². The molecule has 2 N–H and O–H groups in total. The van der Waals surface area contributed by atoms with Crippen LogP contribution in [0.4, 0.5) is 5.69 Å². The zero-order valence-electron chi connectivity index (χ0n) is 20.9. The predicted molar refractivity (Wildman–Crippen MR) is 142 cm³/mol. The number of methoxy groups -OCH3 is 2. The highest BCUT2D eigenvalue weighted by Gasteiger charge is 2.21. The Morgan fingerprint density at radius 1 is 0.889 bits per heavy atom. The molecule has 36 heavy (non-hydrogen) atoms. The van der Waals surface area contributed by atoms with E-state index < -0.39 is 0 Å². The van der Waals surface area contributed by atoms with Crippen LogP contribution in [-0.4, -0.2) is 31.2 Å². The van der Waals surface area contributed by atoms with Crippen LogP contribution >= 0.6 is 0 Å². The van der Waals surface area contributed by atoms with Crippen LogP contribution < -0.4 is 24.8 Å². The maximum Gasteiger partial charge on any atom is 0.241 e. The van der Waals surface area contributed by atoms with E-state index in [-0.39, 0.29) is 17.9 Å². The minimum Gasteiger partial charge on any atom is -0.493 e. The van der Waals surface area contributed by atoms with E-state index in [1.54, 1.807) is 26.5 Å². The van der Waals surface area contributed by atoms with Gasteiger partial charge >= 0.3 is 0 Å². The Kier molecular flexibility index (Phi) is 8.02. The topological polar surface area (TPSA) is 81.7 Å². The summed E-state index contributed by atoms with van der Waals surface area (Å²) >= 11 is 0. The molecule has 0 fully saturated rings. The number of nitrogens with zero attached hydrogens (tertiary/aromatic N) is 1. The molecule has 1 unspecified atom stereocenters. The van der Waals surface area contributed by atoms with E-state index in [9.17, 15) is 4.79 Å². The molecule has 4 aromatic rings. The normalized spacial score (nSPS) is 11.8. The van der Waals surface area contributed by atoms with Crippen LogP contribution in [0, 0.1) is 5.92 Å². The molecule has 0 bridgehead atoms. The quantitative estimate of drug-likeness (QED) is 0.296. The number of hydrogen-bond donors (Lipinski definition) is 2. The highest BCUT2D eigenvalue weighted by molar-refractivity contribution is 5.95. The second kappa shape index (κ2) is 11.6. The van der Waals surface area contributed by atoms with Crippen LogP contribution in [0.25, 0.3) is 10.9 Å². The number of carbonyl (C=O) groups excluding carboxylic acids is 1. The maximum atomic E-state index is 13.0. The van der Waals surface area contributed by atoms with Crippen LogP contribution in [0.5, 0.6) is 23.0 Å². The standard InChI is InChI=1S/C29H31N3O4/c1-19(2)28(31-18-20-8-6-5-7-9-20)29(33)32-21-10-12-22(13-11-21)36-25-14-15-30-24-17-27(35-4)26(34-3)16-23(24)25/h5-17,19,28,31H,18H2,1-4H3,(H,32,33). The number of anilines is 1. The molecule has 1 heterocycles. The van der Waals surface area contributed by atoms with Gasteiger partial charge < -0.3 is 24.8 Å². The number of nitrogens with one attached hydrogen (secondary N) is 2. The fourth-order valence-corrected chi connectivity index (χ4v) is 3.94. The molecule has 7 nitrogen and oxygen atoms in total. The molecule has 1 aromatic heterocycles. The van der Waals surface area contributed by atoms with Crippen molar-refractivity contribution < 1.29 is 19.0 Å². The Bertz CT molecular complexity index is 1310. The Hall–Kier alpha value is -4.10. The number of ether oxygens (including phenoxy) is 3. The highest BCUT2D eigenvalue weighted by atomic mass is 16.5. The first-order valence-corrected chi connectivity index (χ1v) is 11.9. The van der Waals surface area contributed by atoms with E-state index in [0.29, 0.717) is 35.2 Å². The molecule has 0 spiro atoms. The largest absolute Gasteiger partial charge is 0.493 e. The third kappa shape index (κ3) is 5.93. The second-order valence-electron chi connectivity index (χ2n) is 8.74. The van der Waals surface area contributed by atoms with Crippen LogP contribution in [0.3, 0.4) is 0 Å². The number of pyridine rings is 1. The molecule has 1 amide bonds. The molecule has 3 aromatic carbocycles. The zero-order valence-corrected chi connectivity index (χ0v) is 20.9. The van der Waals surface area contributed by atoms with Gasteiger partial charge in [-0.05, 0) is 47.9 Å². The average Bonchev–Trinajstić information content (AvgIpc) is 2.89. The Morgan fingerprint density at radius 2 is 1.58 bits per heavy atom. The molecule has 1 atom stereocenters. The first-order valence-electron chi connectivity index (χ1n) is 11.9. The minimum atomic E-state index is -0.323. The van der Waals surface area contributed by atoms with E-state index in [4.69, 9.17) is 14.2 Å². The summed E-state index contributed by atoms with van der Waals surface area (Å²) in [5.41, 5.74) is 2.57. The summed E-state index contributed by atoms with van der Waals surface area (Å²) in [7, 11) is 3.18. The van der Waals surface area contributed by atoms with Crippen molar-refractivity contribution in [1.82, 2.24) is 10.3 Å². The van der Waals surface area contributed by atoms with Gasteiger partial charge in [-0.1, -0.05) is 44.2 Å². The van der Waals surface area contributed by atoms with E-state index in [1.807, 2.05) is 80.6 Å². The molecular weight excluding hydrogens is 454 g/mol. The molecule has 7 heteroatoms. The van der Waals surface area contributed by atoms with Crippen molar-refractivity contribution in [2.24, 2.45) is 5.92 Å². The van der Waals surface area contributed by atoms with Crippen LogP contribution in [0.2, 0.25) is 0 Å². The van der Waals surface area contributed by atoms with Gasteiger partial charge in [0.25, 0.3) is 0 Å². The maximum absolute atomic E-state index is 13.0. The van der Waals surface area contributed by atoms with Crippen molar-refractivity contribution in [2.75, 3.05) is 19.5 Å². The number of aromatic nitrogens is 1. The van der Waals surface area contributed by atoms with Crippen molar-refractivity contribution in [1.29, 1.82) is 0 Å². The first-order chi connectivity index (χ1) is 17.5. The zero-order chi connectivity index (χ0) is 25.5. The Morgan fingerprint density at radius 3 is 2.25 bits per heavy atom. The molecule has 186 valence electrons. The second-order valence-corrected chi connectivity index (χ2v) is 8.74. The molecule has 0 aliphatic heterocycles. The van der Waals surface area contributed by atoms with Crippen molar-refractivity contribution >= 4 is 22.5 Å². The summed E-state index contributed by atoms with van der Waals surface area (Å²) in [6.45, 7) is 4.69. The number of rotatable bonds is 10. The van der Waals surface area contributed by atoms with Gasteiger partial charge in [-0.15, -0.1) is 0 Å². The first kappa shape index (κ1) is 25.0. The summed E-state index contributed by atoms with van der Waals surface area (Å²) in [6, 6.07) is 22.5.